The predicted octanol–water partition coefficient (Wildman–Crippen LogP) is 3.84. The summed E-state index contributed by atoms with van der Waals surface area (Å²) < 4.78 is 38.5. The van der Waals surface area contributed by atoms with E-state index >= 15 is 0 Å². The highest BCUT2D eigenvalue weighted by Crippen LogP contribution is 2.31. The Balaban J connectivity index is 1.83. The van der Waals surface area contributed by atoms with Gasteiger partial charge in [0.2, 0.25) is 5.91 Å². The number of amides is 1. The van der Waals surface area contributed by atoms with Crippen molar-refractivity contribution in [3.8, 4) is 11.8 Å². The van der Waals surface area contributed by atoms with E-state index in [9.17, 15) is 22.8 Å². The van der Waals surface area contributed by atoms with Gasteiger partial charge in [-0.25, -0.2) is 0 Å². The molecule has 0 bridgehead atoms. The van der Waals surface area contributed by atoms with Crippen molar-refractivity contribution < 1.29 is 22.8 Å². The third-order valence-corrected chi connectivity index (χ3v) is 3.50. The van der Waals surface area contributed by atoms with Gasteiger partial charge in [-0.2, -0.15) is 13.2 Å². The molecule has 0 fully saturated rings. The van der Waals surface area contributed by atoms with Gasteiger partial charge < -0.3 is 5.32 Å². The van der Waals surface area contributed by atoms with Crippen molar-refractivity contribution in [3.05, 3.63) is 71.3 Å². The first-order valence-electron chi connectivity index (χ1n) is 7.88. The molecule has 0 aliphatic rings. The quantitative estimate of drug-likeness (QED) is 0.651. The van der Waals surface area contributed by atoms with Crippen molar-refractivity contribution in [1.82, 2.24) is 5.32 Å². The van der Waals surface area contributed by atoms with Crippen LogP contribution in [0.3, 0.4) is 0 Å². The molecule has 0 spiro atoms. The van der Waals surface area contributed by atoms with E-state index in [1.54, 1.807) is 30.3 Å². The molecule has 0 aromatic heterocycles. The minimum Gasteiger partial charge on any atom is -0.345 e. The lowest BCUT2D eigenvalue weighted by molar-refractivity contribution is -0.137. The van der Waals surface area contributed by atoms with Crippen LogP contribution in [0.25, 0.3) is 0 Å². The zero-order valence-corrected chi connectivity index (χ0v) is 13.8. The summed E-state index contributed by atoms with van der Waals surface area (Å²) in [6.07, 6.45) is -4.43. The van der Waals surface area contributed by atoms with Crippen LogP contribution in [0, 0.1) is 11.8 Å². The van der Waals surface area contributed by atoms with Crippen molar-refractivity contribution in [2.24, 2.45) is 0 Å². The van der Waals surface area contributed by atoms with Gasteiger partial charge in [-0.05, 0) is 12.1 Å². The van der Waals surface area contributed by atoms with Crippen molar-refractivity contribution in [3.63, 3.8) is 0 Å². The largest absolute Gasteiger partial charge is 0.417 e. The first kappa shape index (κ1) is 19.3. The average Bonchev–Trinajstić information content (AvgIpc) is 2.63. The van der Waals surface area contributed by atoms with Gasteiger partial charge in [-0.3, -0.25) is 9.59 Å². The van der Waals surface area contributed by atoms with Crippen molar-refractivity contribution in [2.45, 2.75) is 19.0 Å². The second-order valence-corrected chi connectivity index (χ2v) is 5.41. The normalized spacial score (nSPS) is 10.6. The lowest BCUT2D eigenvalue weighted by atomic mass is 10.1. The molecule has 0 aliphatic carbocycles. The number of nitrogens with one attached hydrogen (secondary N) is 1. The molecule has 26 heavy (non-hydrogen) atoms. The van der Waals surface area contributed by atoms with Crippen molar-refractivity contribution in [1.29, 1.82) is 0 Å². The second-order valence-electron chi connectivity index (χ2n) is 5.41. The standard InChI is InChI=1S/C20H16F3NO2/c21-20(22,23)17-11-5-4-7-15(17)10-6-14-24-19(26)13-12-18(25)16-8-2-1-3-9-16/h1-5,7-9,11H,12-14H2,(H,24,26). The van der Waals surface area contributed by atoms with Crippen LogP contribution in [-0.2, 0) is 11.0 Å². The molecule has 0 atom stereocenters. The maximum Gasteiger partial charge on any atom is 0.417 e. The molecule has 134 valence electrons. The number of benzene rings is 2. The summed E-state index contributed by atoms with van der Waals surface area (Å²) >= 11 is 0. The van der Waals surface area contributed by atoms with Gasteiger partial charge in [-0.1, -0.05) is 54.3 Å². The summed E-state index contributed by atoms with van der Waals surface area (Å²) in [6, 6.07) is 13.6. The van der Waals surface area contributed by atoms with E-state index < -0.39 is 11.7 Å². The fourth-order valence-corrected chi connectivity index (χ4v) is 2.21. The zero-order valence-electron chi connectivity index (χ0n) is 13.8. The number of rotatable bonds is 5. The lowest BCUT2D eigenvalue weighted by Crippen LogP contribution is -2.24. The third-order valence-electron chi connectivity index (χ3n) is 3.50. The minimum atomic E-state index is -4.48. The molecule has 2 rings (SSSR count). The number of ketones is 1. The van der Waals surface area contributed by atoms with Gasteiger partial charge in [0.25, 0.3) is 0 Å². The summed E-state index contributed by atoms with van der Waals surface area (Å²) in [6.45, 7) is -0.0927. The molecular formula is C20H16F3NO2. The van der Waals surface area contributed by atoms with E-state index in [-0.39, 0.29) is 36.6 Å². The maximum atomic E-state index is 12.8. The molecule has 0 heterocycles. The molecular weight excluding hydrogens is 343 g/mol. The van der Waals surface area contributed by atoms with Crippen molar-refractivity contribution in [2.75, 3.05) is 6.54 Å². The van der Waals surface area contributed by atoms with E-state index in [0.717, 1.165) is 6.07 Å². The number of alkyl halides is 3. The third kappa shape index (κ3) is 5.78. The van der Waals surface area contributed by atoms with Gasteiger partial charge in [-0.15, -0.1) is 0 Å². The Bertz CT molecular complexity index is 833. The van der Waals surface area contributed by atoms with Crippen LogP contribution in [0.5, 0.6) is 0 Å². The highest BCUT2D eigenvalue weighted by Gasteiger charge is 2.32. The minimum absolute atomic E-state index is 0.00541. The highest BCUT2D eigenvalue weighted by molar-refractivity contribution is 5.97. The highest BCUT2D eigenvalue weighted by atomic mass is 19.4. The van der Waals surface area contributed by atoms with Gasteiger partial charge >= 0.3 is 6.18 Å². The Kier molecular flexibility index (Phi) is 6.56. The Morgan fingerprint density at radius 2 is 1.58 bits per heavy atom. The van der Waals surface area contributed by atoms with Crippen molar-refractivity contribution >= 4 is 11.7 Å². The number of hydrogen-bond acceptors (Lipinski definition) is 2. The number of carbonyl (C=O) groups excluding carboxylic acids is 2. The van der Waals surface area contributed by atoms with Crippen LogP contribution in [-0.4, -0.2) is 18.2 Å². The first-order valence-corrected chi connectivity index (χ1v) is 7.88. The second kappa shape index (κ2) is 8.86. The number of hydrogen-bond donors (Lipinski definition) is 1. The van der Waals surface area contributed by atoms with Gasteiger partial charge in [0.05, 0.1) is 12.1 Å². The molecule has 3 nitrogen and oxygen atoms in total. The predicted molar refractivity (Wildman–Crippen MR) is 91.3 cm³/mol. The molecule has 0 saturated heterocycles. The Labute approximate surface area is 149 Å². The maximum absolute atomic E-state index is 12.8. The van der Waals surface area contributed by atoms with Gasteiger partial charge in [0, 0.05) is 24.0 Å². The van der Waals surface area contributed by atoms with Crippen LogP contribution in [0.15, 0.2) is 54.6 Å². The van der Waals surface area contributed by atoms with E-state index in [2.05, 4.69) is 17.2 Å². The monoisotopic (exact) mass is 359 g/mol. The molecule has 2 aromatic carbocycles. The number of Topliss-reactive ketones (excluding diaryl/α,β-unsaturated/α-hetero) is 1. The topological polar surface area (TPSA) is 46.2 Å². The fraction of sp³-hybridized carbons (Fsp3) is 0.200. The number of halogens is 3. The zero-order chi connectivity index (χ0) is 19.0. The number of carbonyl (C=O) groups is 2. The summed E-state index contributed by atoms with van der Waals surface area (Å²) in [4.78, 5) is 23.6. The molecule has 0 radical (unpaired) electrons. The Morgan fingerprint density at radius 3 is 2.27 bits per heavy atom. The van der Waals surface area contributed by atoms with E-state index in [1.807, 2.05) is 0 Å². The fourth-order valence-electron chi connectivity index (χ4n) is 2.21. The smallest absolute Gasteiger partial charge is 0.345 e. The molecule has 2 aromatic rings. The molecule has 0 aliphatic heterocycles. The molecule has 0 saturated carbocycles. The first-order chi connectivity index (χ1) is 12.4. The van der Waals surface area contributed by atoms with Gasteiger partial charge in [0.1, 0.15) is 0 Å². The Hall–Kier alpha value is -3.07. The van der Waals surface area contributed by atoms with E-state index in [4.69, 9.17) is 0 Å². The van der Waals surface area contributed by atoms with Crippen LogP contribution >= 0.6 is 0 Å². The molecule has 1 amide bonds. The summed E-state index contributed by atoms with van der Waals surface area (Å²) in [5, 5.41) is 2.47. The van der Waals surface area contributed by atoms with Crippen LogP contribution in [0.2, 0.25) is 0 Å². The average molecular weight is 359 g/mol. The molecule has 1 N–H and O–H groups in total. The molecule has 0 unspecified atom stereocenters. The summed E-state index contributed by atoms with van der Waals surface area (Å²) in [5.41, 5.74) is -0.426. The van der Waals surface area contributed by atoms with E-state index in [1.165, 1.54) is 18.2 Å². The van der Waals surface area contributed by atoms with Crippen LogP contribution in [0.1, 0.15) is 34.3 Å². The lowest BCUT2D eigenvalue weighted by Gasteiger charge is -2.08. The van der Waals surface area contributed by atoms with Gasteiger partial charge in [0.15, 0.2) is 5.78 Å². The van der Waals surface area contributed by atoms with Crippen LogP contribution < -0.4 is 5.32 Å². The van der Waals surface area contributed by atoms with E-state index in [0.29, 0.717) is 5.56 Å². The summed E-state index contributed by atoms with van der Waals surface area (Å²) in [5.74, 6) is 4.38. The Morgan fingerprint density at radius 1 is 0.923 bits per heavy atom. The summed E-state index contributed by atoms with van der Waals surface area (Å²) in [7, 11) is 0. The SMILES string of the molecule is O=C(CCC(=O)c1ccccc1)NCC#Cc1ccccc1C(F)(F)F. The molecule has 6 heteroatoms. The van der Waals surface area contributed by atoms with Crippen LogP contribution in [0.4, 0.5) is 13.2 Å².